The molecule has 1 aliphatic rings. The Bertz CT molecular complexity index is 281. The zero-order valence-electron chi connectivity index (χ0n) is 7.54. The van der Waals surface area contributed by atoms with E-state index < -0.39 is 0 Å². The Morgan fingerprint density at radius 1 is 1.31 bits per heavy atom. The van der Waals surface area contributed by atoms with Gasteiger partial charge in [0.2, 0.25) is 0 Å². The number of nitrogens with zero attached hydrogens (tertiary/aromatic N) is 1. The van der Waals surface area contributed by atoms with E-state index in [-0.39, 0.29) is 5.82 Å². The highest BCUT2D eigenvalue weighted by atomic mass is 19.1. The van der Waals surface area contributed by atoms with Crippen LogP contribution in [0.4, 0.5) is 4.39 Å². The van der Waals surface area contributed by atoms with Gasteiger partial charge in [-0.2, -0.15) is 0 Å². The van der Waals surface area contributed by atoms with Crippen molar-refractivity contribution in [2.45, 2.75) is 12.3 Å². The first-order valence-corrected chi connectivity index (χ1v) is 4.56. The molecule has 1 aromatic carbocycles. The monoisotopic (exact) mass is 178 g/mol. The second kappa shape index (κ2) is 3.46. The molecule has 1 nitrogen and oxygen atoms in total. The SMILES string of the molecule is [CH2-]N1CCC(c2ccc(F)cc2)C1. The van der Waals surface area contributed by atoms with Gasteiger partial charge in [0.15, 0.2) is 0 Å². The Hall–Kier alpha value is -0.890. The van der Waals surface area contributed by atoms with E-state index in [4.69, 9.17) is 0 Å². The molecule has 1 heterocycles. The maximum Gasteiger partial charge on any atom is 0.123 e. The minimum absolute atomic E-state index is 0.159. The first-order valence-electron chi connectivity index (χ1n) is 4.56. The van der Waals surface area contributed by atoms with Gasteiger partial charge in [0, 0.05) is 0 Å². The third-order valence-corrected chi connectivity index (χ3v) is 2.61. The van der Waals surface area contributed by atoms with Gasteiger partial charge in [-0.1, -0.05) is 12.1 Å². The van der Waals surface area contributed by atoms with Crippen LogP contribution in [0, 0.1) is 12.9 Å². The molecule has 1 aliphatic heterocycles. The van der Waals surface area contributed by atoms with Gasteiger partial charge in [0.1, 0.15) is 5.82 Å². The smallest absolute Gasteiger partial charge is 0.123 e. The van der Waals surface area contributed by atoms with Crippen molar-refractivity contribution in [3.8, 4) is 0 Å². The molecule has 2 heteroatoms. The summed E-state index contributed by atoms with van der Waals surface area (Å²) in [6.07, 6.45) is 1.13. The molecule has 0 aromatic heterocycles. The largest absolute Gasteiger partial charge is 0.459 e. The minimum Gasteiger partial charge on any atom is -0.459 e. The Labute approximate surface area is 78.2 Å². The van der Waals surface area contributed by atoms with Gasteiger partial charge in [-0.25, -0.2) is 4.39 Å². The van der Waals surface area contributed by atoms with Crippen molar-refractivity contribution in [1.82, 2.24) is 4.90 Å². The summed E-state index contributed by atoms with van der Waals surface area (Å²) in [5.74, 6) is 0.381. The molecule has 2 rings (SSSR count). The highest BCUT2D eigenvalue weighted by Crippen LogP contribution is 2.26. The van der Waals surface area contributed by atoms with Crippen LogP contribution in [-0.2, 0) is 0 Å². The molecule has 1 saturated heterocycles. The number of benzene rings is 1. The van der Waals surface area contributed by atoms with E-state index in [1.807, 2.05) is 12.1 Å². The number of likely N-dealkylation sites (tertiary alicyclic amines) is 1. The van der Waals surface area contributed by atoms with Crippen molar-refractivity contribution >= 4 is 0 Å². The topological polar surface area (TPSA) is 3.24 Å². The fraction of sp³-hybridized carbons (Fsp3) is 0.364. The minimum atomic E-state index is -0.159. The lowest BCUT2D eigenvalue weighted by molar-refractivity contribution is 0.454. The molecule has 70 valence electrons. The lowest BCUT2D eigenvalue weighted by Crippen LogP contribution is -2.10. The third kappa shape index (κ3) is 1.89. The van der Waals surface area contributed by atoms with Crippen LogP contribution in [-0.4, -0.2) is 18.0 Å². The van der Waals surface area contributed by atoms with Crippen LogP contribution < -0.4 is 0 Å². The van der Waals surface area contributed by atoms with Gasteiger partial charge in [0.25, 0.3) is 0 Å². The first-order chi connectivity index (χ1) is 6.25. The van der Waals surface area contributed by atoms with Gasteiger partial charge < -0.3 is 4.90 Å². The van der Waals surface area contributed by atoms with E-state index >= 15 is 0 Å². The molecule has 0 spiro atoms. The molecule has 1 aromatic rings. The summed E-state index contributed by atoms with van der Waals surface area (Å²) in [5, 5.41) is 0. The number of hydrogen-bond donors (Lipinski definition) is 0. The van der Waals surface area contributed by atoms with Gasteiger partial charge in [-0.05, 0) is 43.1 Å². The van der Waals surface area contributed by atoms with Crippen molar-refractivity contribution in [3.05, 3.63) is 42.7 Å². The molecule has 1 fully saturated rings. The fourth-order valence-corrected chi connectivity index (χ4v) is 1.84. The van der Waals surface area contributed by atoms with Crippen molar-refractivity contribution < 1.29 is 4.39 Å². The van der Waals surface area contributed by atoms with Crippen LogP contribution in [0.5, 0.6) is 0 Å². The Kier molecular flexibility index (Phi) is 2.32. The van der Waals surface area contributed by atoms with Crippen LogP contribution in [0.3, 0.4) is 0 Å². The van der Waals surface area contributed by atoms with E-state index in [2.05, 4.69) is 11.9 Å². The number of hydrogen-bond acceptors (Lipinski definition) is 1. The van der Waals surface area contributed by atoms with Crippen molar-refractivity contribution in [1.29, 1.82) is 0 Å². The molecule has 0 saturated carbocycles. The molecule has 0 amide bonds. The fourth-order valence-electron chi connectivity index (χ4n) is 1.84. The highest BCUT2D eigenvalue weighted by Gasteiger charge is 2.17. The maximum absolute atomic E-state index is 12.6. The third-order valence-electron chi connectivity index (χ3n) is 2.61. The van der Waals surface area contributed by atoms with Gasteiger partial charge >= 0.3 is 0 Å². The van der Waals surface area contributed by atoms with Gasteiger partial charge in [-0.15, -0.1) is 0 Å². The molecule has 1 atom stereocenters. The number of halogens is 1. The second-order valence-corrected chi connectivity index (χ2v) is 3.61. The molecule has 0 aliphatic carbocycles. The van der Waals surface area contributed by atoms with Crippen LogP contribution in [0.25, 0.3) is 0 Å². The summed E-state index contributed by atoms with van der Waals surface area (Å²) >= 11 is 0. The predicted octanol–water partition coefficient (Wildman–Crippen LogP) is 2.41. The standard InChI is InChI=1S/C11H13FN/c1-13-7-6-10(8-13)9-2-4-11(12)5-3-9/h2-5,10H,1,6-8H2/q-1. The van der Waals surface area contributed by atoms with E-state index in [0.717, 1.165) is 19.5 Å². The second-order valence-electron chi connectivity index (χ2n) is 3.61. The van der Waals surface area contributed by atoms with Gasteiger partial charge in [0.05, 0.1) is 0 Å². The lowest BCUT2D eigenvalue weighted by atomic mass is 9.99. The average Bonchev–Trinajstić information content (AvgIpc) is 2.53. The number of rotatable bonds is 1. The summed E-state index contributed by atoms with van der Waals surface area (Å²) in [7, 11) is 3.89. The van der Waals surface area contributed by atoms with Crippen LogP contribution in [0.2, 0.25) is 0 Å². The maximum atomic E-state index is 12.6. The molecular formula is C11H13FN-. The molecule has 1 unspecified atom stereocenters. The quantitative estimate of drug-likeness (QED) is 0.597. The van der Waals surface area contributed by atoms with Crippen LogP contribution in [0.15, 0.2) is 24.3 Å². The summed E-state index contributed by atoms with van der Waals surface area (Å²) < 4.78 is 12.6. The van der Waals surface area contributed by atoms with E-state index in [9.17, 15) is 4.39 Å². The molecule has 0 N–H and O–H groups in total. The summed E-state index contributed by atoms with van der Waals surface area (Å²) in [6, 6.07) is 6.81. The summed E-state index contributed by atoms with van der Waals surface area (Å²) in [5.41, 5.74) is 1.23. The molecular weight excluding hydrogens is 165 g/mol. The van der Waals surface area contributed by atoms with Crippen molar-refractivity contribution in [2.24, 2.45) is 0 Å². The van der Waals surface area contributed by atoms with Gasteiger partial charge in [-0.3, -0.25) is 7.05 Å². The zero-order valence-corrected chi connectivity index (χ0v) is 7.54. The average molecular weight is 178 g/mol. The normalized spacial score (nSPS) is 23.7. The highest BCUT2D eigenvalue weighted by molar-refractivity contribution is 5.21. The van der Waals surface area contributed by atoms with E-state index in [1.165, 1.54) is 17.7 Å². The molecule has 0 bridgehead atoms. The summed E-state index contributed by atoms with van der Waals surface area (Å²) in [6.45, 7) is 2.04. The van der Waals surface area contributed by atoms with E-state index in [0.29, 0.717) is 5.92 Å². The Morgan fingerprint density at radius 3 is 2.54 bits per heavy atom. The van der Waals surface area contributed by atoms with Crippen LogP contribution >= 0.6 is 0 Å². The zero-order chi connectivity index (χ0) is 9.26. The lowest BCUT2D eigenvalue weighted by Gasteiger charge is -2.16. The van der Waals surface area contributed by atoms with E-state index in [1.54, 1.807) is 0 Å². The Morgan fingerprint density at radius 2 is 2.00 bits per heavy atom. The molecule has 13 heavy (non-hydrogen) atoms. The summed E-state index contributed by atoms with van der Waals surface area (Å²) in [4.78, 5) is 2.06. The first kappa shape index (κ1) is 8.70. The van der Waals surface area contributed by atoms with Crippen molar-refractivity contribution in [2.75, 3.05) is 13.1 Å². The van der Waals surface area contributed by atoms with Crippen molar-refractivity contribution in [3.63, 3.8) is 0 Å². The molecule has 0 radical (unpaired) electrons. The Balaban J connectivity index is 2.13. The van der Waals surface area contributed by atoms with Crippen LogP contribution in [0.1, 0.15) is 17.9 Å². The predicted molar refractivity (Wildman–Crippen MR) is 50.7 cm³/mol.